The SMILES string of the molecule is Cc1ccc(-c2cc(C(=O)NC3CC3)n(-c3ccccc3)n2)cc1C. The summed E-state index contributed by atoms with van der Waals surface area (Å²) in [5.41, 5.74) is 5.77. The topological polar surface area (TPSA) is 46.9 Å². The molecule has 0 unspecified atom stereocenters. The first-order valence-corrected chi connectivity index (χ1v) is 8.66. The van der Waals surface area contributed by atoms with E-state index < -0.39 is 0 Å². The average molecular weight is 331 g/mol. The zero-order valence-electron chi connectivity index (χ0n) is 14.5. The summed E-state index contributed by atoms with van der Waals surface area (Å²) in [7, 11) is 0. The molecule has 0 radical (unpaired) electrons. The molecule has 1 aliphatic carbocycles. The van der Waals surface area contributed by atoms with Gasteiger partial charge in [-0.2, -0.15) is 5.10 Å². The lowest BCUT2D eigenvalue weighted by atomic mass is 10.0. The van der Waals surface area contributed by atoms with Crippen molar-refractivity contribution in [1.82, 2.24) is 15.1 Å². The molecule has 1 N–H and O–H groups in total. The molecule has 1 amide bonds. The smallest absolute Gasteiger partial charge is 0.270 e. The lowest BCUT2D eigenvalue weighted by molar-refractivity contribution is 0.0943. The molecule has 25 heavy (non-hydrogen) atoms. The Hall–Kier alpha value is -2.88. The van der Waals surface area contributed by atoms with Crippen molar-refractivity contribution in [3.63, 3.8) is 0 Å². The molecule has 1 saturated carbocycles. The average Bonchev–Trinajstić information content (AvgIpc) is 3.32. The molecule has 1 aliphatic rings. The fourth-order valence-corrected chi connectivity index (χ4v) is 2.84. The summed E-state index contributed by atoms with van der Waals surface area (Å²) < 4.78 is 1.74. The van der Waals surface area contributed by atoms with Gasteiger partial charge in [-0.1, -0.05) is 30.3 Å². The van der Waals surface area contributed by atoms with Crippen LogP contribution in [0.2, 0.25) is 0 Å². The summed E-state index contributed by atoms with van der Waals surface area (Å²) in [5, 5.41) is 7.79. The van der Waals surface area contributed by atoms with Crippen molar-refractivity contribution >= 4 is 5.91 Å². The molecule has 126 valence electrons. The van der Waals surface area contributed by atoms with Crippen LogP contribution < -0.4 is 5.32 Å². The van der Waals surface area contributed by atoms with Gasteiger partial charge >= 0.3 is 0 Å². The number of rotatable bonds is 4. The van der Waals surface area contributed by atoms with Gasteiger partial charge in [0, 0.05) is 11.6 Å². The first-order chi connectivity index (χ1) is 12.1. The summed E-state index contributed by atoms with van der Waals surface area (Å²) >= 11 is 0. The number of para-hydroxylation sites is 1. The number of hydrogen-bond donors (Lipinski definition) is 1. The van der Waals surface area contributed by atoms with Gasteiger partial charge in [-0.05, 0) is 62.1 Å². The van der Waals surface area contributed by atoms with E-state index in [0.717, 1.165) is 29.8 Å². The molecule has 4 heteroatoms. The summed E-state index contributed by atoms with van der Waals surface area (Å²) in [6.07, 6.45) is 2.13. The maximum Gasteiger partial charge on any atom is 0.270 e. The van der Waals surface area contributed by atoms with Crippen molar-refractivity contribution in [3.8, 4) is 16.9 Å². The Kier molecular flexibility index (Phi) is 3.88. The van der Waals surface area contributed by atoms with Crippen LogP contribution in [0.5, 0.6) is 0 Å². The van der Waals surface area contributed by atoms with Gasteiger partial charge < -0.3 is 5.32 Å². The van der Waals surface area contributed by atoms with Crippen LogP contribution in [-0.2, 0) is 0 Å². The Morgan fingerprint density at radius 3 is 2.48 bits per heavy atom. The Balaban J connectivity index is 1.79. The normalized spacial score (nSPS) is 13.7. The number of nitrogens with zero attached hydrogens (tertiary/aromatic N) is 2. The Morgan fingerprint density at radius 2 is 1.80 bits per heavy atom. The Labute approximate surface area is 147 Å². The predicted molar refractivity (Wildman–Crippen MR) is 99.0 cm³/mol. The molecular formula is C21H21N3O. The van der Waals surface area contributed by atoms with Gasteiger partial charge in [0.15, 0.2) is 0 Å². The minimum atomic E-state index is -0.0612. The quantitative estimate of drug-likeness (QED) is 0.784. The molecule has 1 fully saturated rings. The van der Waals surface area contributed by atoms with Crippen LogP contribution >= 0.6 is 0 Å². The van der Waals surface area contributed by atoms with Gasteiger partial charge in [-0.15, -0.1) is 0 Å². The Bertz CT molecular complexity index is 924. The Morgan fingerprint density at radius 1 is 1.04 bits per heavy atom. The minimum absolute atomic E-state index is 0.0612. The van der Waals surface area contributed by atoms with Gasteiger partial charge in [0.2, 0.25) is 0 Å². The number of benzene rings is 2. The summed E-state index contributed by atoms with van der Waals surface area (Å²) in [4.78, 5) is 12.7. The van der Waals surface area contributed by atoms with Crippen LogP contribution in [0.1, 0.15) is 34.5 Å². The van der Waals surface area contributed by atoms with Gasteiger partial charge in [0.1, 0.15) is 5.69 Å². The van der Waals surface area contributed by atoms with Crippen LogP contribution in [0, 0.1) is 13.8 Å². The number of carbonyl (C=O) groups excluding carboxylic acids is 1. The predicted octanol–water partition coefficient (Wildman–Crippen LogP) is 4.05. The van der Waals surface area contributed by atoms with E-state index in [9.17, 15) is 4.79 Å². The monoisotopic (exact) mass is 331 g/mol. The molecule has 1 heterocycles. The number of hydrogen-bond acceptors (Lipinski definition) is 2. The molecule has 0 saturated heterocycles. The second-order valence-electron chi connectivity index (χ2n) is 6.71. The third kappa shape index (κ3) is 3.20. The maximum atomic E-state index is 12.7. The van der Waals surface area contributed by atoms with Crippen molar-refractivity contribution in [3.05, 3.63) is 71.4 Å². The zero-order chi connectivity index (χ0) is 17.4. The summed E-state index contributed by atoms with van der Waals surface area (Å²) in [6, 6.07) is 18.3. The number of nitrogens with one attached hydrogen (secondary N) is 1. The minimum Gasteiger partial charge on any atom is -0.348 e. The van der Waals surface area contributed by atoms with Gasteiger partial charge in [0.05, 0.1) is 11.4 Å². The molecule has 0 spiro atoms. The van der Waals surface area contributed by atoms with E-state index in [4.69, 9.17) is 5.10 Å². The lowest BCUT2D eigenvalue weighted by Crippen LogP contribution is -2.27. The number of carbonyl (C=O) groups is 1. The molecule has 4 nitrogen and oxygen atoms in total. The third-order valence-electron chi connectivity index (χ3n) is 4.66. The zero-order valence-corrected chi connectivity index (χ0v) is 14.5. The fourth-order valence-electron chi connectivity index (χ4n) is 2.84. The van der Waals surface area contributed by atoms with E-state index in [-0.39, 0.29) is 5.91 Å². The first-order valence-electron chi connectivity index (χ1n) is 8.66. The molecule has 4 rings (SSSR count). The molecular weight excluding hydrogens is 310 g/mol. The largest absolute Gasteiger partial charge is 0.348 e. The van der Waals surface area contributed by atoms with Crippen LogP contribution in [0.4, 0.5) is 0 Å². The van der Waals surface area contributed by atoms with E-state index >= 15 is 0 Å². The summed E-state index contributed by atoms with van der Waals surface area (Å²) in [5.74, 6) is -0.0612. The highest BCUT2D eigenvalue weighted by Crippen LogP contribution is 2.25. The van der Waals surface area contributed by atoms with Crippen LogP contribution in [0.25, 0.3) is 16.9 Å². The second kappa shape index (κ2) is 6.20. The van der Waals surface area contributed by atoms with E-state index in [1.54, 1.807) is 4.68 Å². The van der Waals surface area contributed by atoms with E-state index in [1.165, 1.54) is 11.1 Å². The highest BCUT2D eigenvalue weighted by atomic mass is 16.2. The molecule has 0 atom stereocenters. The van der Waals surface area contributed by atoms with Crippen LogP contribution in [0.3, 0.4) is 0 Å². The number of aromatic nitrogens is 2. The van der Waals surface area contributed by atoms with Crippen LogP contribution in [-0.4, -0.2) is 21.7 Å². The van der Waals surface area contributed by atoms with E-state index in [1.807, 2.05) is 36.4 Å². The van der Waals surface area contributed by atoms with Gasteiger partial charge in [0.25, 0.3) is 5.91 Å². The van der Waals surface area contributed by atoms with Crippen molar-refractivity contribution in [2.75, 3.05) is 0 Å². The van der Waals surface area contributed by atoms with Crippen molar-refractivity contribution in [2.24, 2.45) is 0 Å². The first kappa shape index (κ1) is 15.6. The highest BCUT2D eigenvalue weighted by Gasteiger charge is 2.26. The lowest BCUT2D eigenvalue weighted by Gasteiger charge is -2.07. The molecule has 3 aromatic rings. The molecule has 0 bridgehead atoms. The fraction of sp³-hybridized carbons (Fsp3) is 0.238. The molecule has 0 aliphatic heterocycles. The third-order valence-corrected chi connectivity index (χ3v) is 4.66. The standard InChI is InChI=1S/C21H21N3O/c1-14-8-9-16(12-15(14)2)19-13-20(21(25)22-17-10-11-17)24(23-19)18-6-4-3-5-7-18/h3-9,12-13,17H,10-11H2,1-2H3,(H,22,25). The number of amides is 1. The van der Waals surface area contributed by atoms with Gasteiger partial charge in [-0.3, -0.25) is 4.79 Å². The van der Waals surface area contributed by atoms with Crippen LogP contribution in [0.15, 0.2) is 54.6 Å². The molecule has 1 aromatic heterocycles. The number of aryl methyl sites for hydroxylation is 2. The van der Waals surface area contributed by atoms with E-state index in [2.05, 4.69) is 37.4 Å². The van der Waals surface area contributed by atoms with Gasteiger partial charge in [-0.25, -0.2) is 4.68 Å². The summed E-state index contributed by atoms with van der Waals surface area (Å²) in [6.45, 7) is 4.18. The van der Waals surface area contributed by atoms with Crippen molar-refractivity contribution in [1.29, 1.82) is 0 Å². The van der Waals surface area contributed by atoms with Crippen molar-refractivity contribution < 1.29 is 4.79 Å². The highest BCUT2D eigenvalue weighted by molar-refractivity contribution is 5.94. The second-order valence-corrected chi connectivity index (χ2v) is 6.71. The van der Waals surface area contributed by atoms with Crippen molar-refractivity contribution in [2.45, 2.75) is 32.7 Å². The molecule has 2 aromatic carbocycles. The maximum absolute atomic E-state index is 12.7. The van der Waals surface area contributed by atoms with E-state index in [0.29, 0.717) is 11.7 Å².